The molecule has 3 rings (SSSR count). The van der Waals surface area contributed by atoms with E-state index in [1.54, 1.807) is 21.3 Å². The number of hydrogen-bond donors (Lipinski definition) is 1. The highest BCUT2D eigenvalue weighted by Crippen LogP contribution is 2.34. The molecule has 2 aromatic rings. The second-order valence-electron chi connectivity index (χ2n) is 9.60. The summed E-state index contributed by atoms with van der Waals surface area (Å²) in [6.45, 7) is 6.15. The van der Waals surface area contributed by atoms with E-state index in [-0.39, 0.29) is 31.1 Å². The Hall–Kier alpha value is -3.59. The summed E-state index contributed by atoms with van der Waals surface area (Å²) in [6, 6.07) is 14.6. The zero-order valence-electron chi connectivity index (χ0n) is 21.9. The van der Waals surface area contributed by atoms with Gasteiger partial charge in [0.1, 0.15) is 18.0 Å². The lowest BCUT2D eigenvalue weighted by Crippen LogP contribution is -2.52. The van der Waals surface area contributed by atoms with Crippen molar-refractivity contribution in [1.82, 2.24) is 15.2 Å². The Bertz CT molecular complexity index is 1060. The highest BCUT2D eigenvalue weighted by atomic mass is 16.5. The van der Waals surface area contributed by atoms with Crippen molar-refractivity contribution in [2.24, 2.45) is 5.10 Å². The number of carbonyl (C=O) groups is 2. The van der Waals surface area contributed by atoms with Crippen LogP contribution in [0.5, 0.6) is 11.5 Å². The summed E-state index contributed by atoms with van der Waals surface area (Å²) in [5, 5.41) is 9.14. The Morgan fingerprint density at radius 3 is 2.11 bits per heavy atom. The molecule has 0 aliphatic carbocycles. The summed E-state index contributed by atoms with van der Waals surface area (Å²) in [5.41, 5.74) is 2.18. The Morgan fingerprint density at radius 1 is 1.00 bits per heavy atom. The standard InChI is InChI=1S/C27H36N4O5/c1-27(2,3)28-26(33)30(15-16-34-4)18-25(32)31-24(20-9-13-22(36-6)14-10-20)17-23(29-31)19-7-11-21(35-5)12-8-19/h7-14,24H,15-18H2,1-6H3,(H,28,33). The van der Waals surface area contributed by atoms with Gasteiger partial charge in [0.2, 0.25) is 0 Å². The molecule has 9 nitrogen and oxygen atoms in total. The number of ether oxygens (including phenoxy) is 3. The molecule has 0 spiro atoms. The van der Waals surface area contributed by atoms with E-state index in [0.29, 0.717) is 13.0 Å². The predicted molar refractivity (Wildman–Crippen MR) is 138 cm³/mol. The molecule has 1 aliphatic heterocycles. The summed E-state index contributed by atoms with van der Waals surface area (Å²) in [6.07, 6.45) is 0.538. The van der Waals surface area contributed by atoms with Crippen LogP contribution in [-0.4, -0.2) is 74.1 Å². The first-order valence-electron chi connectivity index (χ1n) is 11.9. The molecule has 1 unspecified atom stereocenters. The third kappa shape index (κ3) is 6.97. The monoisotopic (exact) mass is 496 g/mol. The summed E-state index contributed by atoms with van der Waals surface area (Å²) < 4.78 is 15.7. The van der Waals surface area contributed by atoms with E-state index in [9.17, 15) is 9.59 Å². The van der Waals surface area contributed by atoms with Crippen LogP contribution in [0.2, 0.25) is 0 Å². The molecular weight excluding hydrogens is 460 g/mol. The molecule has 36 heavy (non-hydrogen) atoms. The van der Waals surface area contributed by atoms with E-state index in [1.165, 1.54) is 9.91 Å². The van der Waals surface area contributed by atoms with E-state index in [1.807, 2.05) is 69.3 Å². The number of nitrogens with one attached hydrogen (secondary N) is 1. The van der Waals surface area contributed by atoms with Crippen LogP contribution >= 0.6 is 0 Å². The van der Waals surface area contributed by atoms with Crippen LogP contribution in [0.1, 0.15) is 44.4 Å². The smallest absolute Gasteiger partial charge is 0.318 e. The van der Waals surface area contributed by atoms with Crippen molar-refractivity contribution in [3.63, 3.8) is 0 Å². The van der Waals surface area contributed by atoms with Crippen molar-refractivity contribution in [1.29, 1.82) is 0 Å². The molecular formula is C27H36N4O5. The summed E-state index contributed by atoms with van der Waals surface area (Å²) in [5.74, 6) is 1.20. The van der Waals surface area contributed by atoms with Crippen LogP contribution < -0.4 is 14.8 Å². The second kappa shape index (κ2) is 11.9. The van der Waals surface area contributed by atoms with Gasteiger partial charge >= 0.3 is 6.03 Å². The van der Waals surface area contributed by atoms with Crippen molar-refractivity contribution < 1.29 is 23.8 Å². The Labute approximate surface area is 213 Å². The maximum absolute atomic E-state index is 13.6. The fraction of sp³-hybridized carbons (Fsp3) is 0.444. The number of nitrogens with zero attached hydrogens (tertiary/aromatic N) is 3. The molecule has 2 aromatic carbocycles. The Kier molecular flexibility index (Phi) is 8.93. The molecule has 0 fully saturated rings. The van der Waals surface area contributed by atoms with E-state index >= 15 is 0 Å². The Morgan fingerprint density at radius 2 is 1.58 bits per heavy atom. The SMILES string of the molecule is COCCN(CC(=O)N1N=C(c2ccc(OC)cc2)CC1c1ccc(OC)cc1)C(=O)NC(C)(C)C. The van der Waals surface area contributed by atoms with Crippen molar-refractivity contribution in [2.75, 3.05) is 41.0 Å². The van der Waals surface area contributed by atoms with Crippen LogP contribution in [0.25, 0.3) is 0 Å². The number of rotatable bonds is 9. The molecule has 0 aromatic heterocycles. The molecule has 0 bridgehead atoms. The van der Waals surface area contributed by atoms with Crippen LogP contribution in [-0.2, 0) is 9.53 Å². The number of amides is 3. The minimum atomic E-state index is -0.440. The first-order chi connectivity index (χ1) is 17.1. The number of hydrazone groups is 1. The average Bonchev–Trinajstić information content (AvgIpc) is 3.31. The molecule has 0 saturated carbocycles. The van der Waals surface area contributed by atoms with Gasteiger partial charge in [-0.2, -0.15) is 5.10 Å². The lowest BCUT2D eigenvalue weighted by atomic mass is 9.98. The van der Waals surface area contributed by atoms with Crippen LogP contribution in [0.4, 0.5) is 4.79 Å². The third-order valence-electron chi connectivity index (χ3n) is 5.75. The first kappa shape index (κ1) is 27.0. The summed E-state index contributed by atoms with van der Waals surface area (Å²) in [7, 11) is 4.79. The number of carbonyl (C=O) groups excluding carboxylic acids is 2. The fourth-order valence-electron chi connectivity index (χ4n) is 3.87. The van der Waals surface area contributed by atoms with Gasteiger partial charge < -0.3 is 24.4 Å². The number of benzene rings is 2. The number of hydrogen-bond acceptors (Lipinski definition) is 6. The van der Waals surface area contributed by atoms with Gasteiger partial charge in [0.05, 0.1) is 32.6 Å². The topological polar surface area (TPSA) is 92.7 Å². The lowest BCUT2D eigenvalue weighted by Gasteiger charge is -2.30. The predicted octanol–water partition coefficient (Wildman–Crippen LogP) is 3.84. The maximum atomic E-state index is 13.6. The van der Waals surface area contributed by atoms with Gasteiger partial charge in [0, 0.05) is 25.6 Å². The van der Waals surface area contributed by atoms with Gasteiger partial charge in [0.15, 0.2) is 0 Å². The van der Waals surface area contributed by atoms with Gasteiger partial charge in [-0.05, 0) is 68.3 Å². The normalized spacial score (nSPS) is 15.3. The minimum Gasteiger partial charge on any atom is -0.497 e. The van der Waals surface area contributed by atoms with E-state index in [2.05, 4.69) is 5.32 Å². The molecule has 1 N–H and O–H groups in total. The molecule has 3 amide bonds. The van der Waals surface area contributed by atoms with Crippen molar-refractivity contribution in [3.05, 3.63) is 59.7 Å². The van der Waals surface area contributed by atoms with E-state index in [4.69, 9.17) is 19.3 Å². The summed E-state index contributed by atoms with van der Waals surface area (Å²) in [4.78, 5) is 28.0. The molecule has 194 valence electrons. The zero-order valence-corrected chi connectivity index (χ0v) is 21.9. The Balaban J connectivity index is 1.89. The zero-order chi connectivity index (χ0) is 26.3. The van der Waals surface area contributed by atoms with E-state index < -0.39 is 5.54 Å². The van der Waals surface area contributed by atoms with Crippen molar-refractivity contribution in [3.8, 4) is 11.5 Å². The van der Waals surface area contributed by atoms with Crippen LogP contribution in [0.15, 0.2) is 53.6 Å². The van der Waals surface area contributed by atoms with Crippen LogP contribution in [0, 0.1) is 0 Å². The number of methoxy groups -OCH3 is 3. The second-order valence-corrected chi connectivity index (χ2v) is 9.60. The van der Waals surface area contributed by atoms with Gasteiger partial charge in [-0.15, -0.1) is 0 Å². The molecule has 0 saturated heterocycles. The molecule has 0 radical (unpaired) electrons. The highest BCUT2D eigenvalue weighted by Gasteiger charge is 2.34. The molecule has 9 heteroatoms. The summed E-state index contributed by atoms with van der Waals surface area (Å²) >= 11 is 0. The van der Waals surface area contributed by atoms with Gasteiger partial charge in [-0.25, -0.2) is 9.80 Å². The largest absolute Gasteiger partial charge is 0.497 e. The molecule has 1 heterocycles. The lowest BCUT2D eigenvalue weighted by molar-refractivity contribution is -0.133. The fourth-order valence-corrected chi connectivity index (χ4v) is 3.87. The molecule has 1 aliphatic rings. The quantitative estimate of drug-likeness (QED) is 0.570. The number of urea groups is 1. The van der Waals surface area contributed by atoms with Crippen molar-refractivity contribution in [2.45, 2.75) is 38.8 Å². The first-order valence-corrected chi connectivity index (χ1v) is 11.9. The van der Waals surface area contributed by atoms with E-state index in [0.717, 1.165) is 28.3 Å². The average molecular weight is 497 g/mol. The minimum absolute atomic E-state index is 0.128. The van der Waals surface area contributed by atoms with Crippen LogP contribution in [0.3, 0.4) is 0 Å². The van der Waals surface area contributed by atoms with Gasteiger partial charge in [-0.1, -0.05) is 12.1 Å². The highest BCUT2D eigenvalue weighted by molar-refractivity contribution is 6.03. The van der Waals surface area contributed by atoms with Gasteiger partial charge in [0.25, 0.3) is 5.91 Å². The van der Waals surface area contributed by atoms with Gasteiger partial charge in [-0.3, -0.25) is 4.79 Å². The third-order valence-corrected chi connectivity index (χ3v) is 5.75. The maximum Gasteiger partial charge on any atom is 0.318 e. The molecule has 1 atom stereocenters. The van der Waals surface area contributed by atoms with Crippen molar-refractivity contribution >= 4 is 17.6 Å².